The van der Waals surface area contributed by atoms with E-state index in [0.717, 1.165) is 17.0 Å². The number of nitrogens with one attached hydrogen (secondary N) is 1. The van der Waals surface area contributed by atoms with Gasteiger partial charge in [0.1, 0.15) is 11.5 Å². The SMILES string of the molecule is CNc1ccc(Oc2ccnc(C(/C=C/CCC(=O)O)=C/S)c2)cc1. The molecule has 25 heavy (non-hydrogen) atoms. The number of allylic oxidation sites excluding steroid dienone is 3. The molecule has 0 saturated heterocycles. The summed E-state index contributed by atoms with van der Waals surface area (Å²) in [6.07, 6.45) is 5.81. The Morgan fingerprint density at radius 2 is 2.04 bits per heavy atom. The van der Waals surface area contributed by atoms with Gasteiger partial charge in [-0.05, 0) is 42.2 Å². The molecule has 0 aliphatic heterocycles. The van der Waals surface area contributed by atoms with Crippen molar-refractivity contribution in [2.75, 3.05) is 12.4 Å². The van der Waals surface area contributed by atoms with E-state index in [1.807, 2.05) is 43.5 Å². The molecule has 6 heteroatoms. The smallest absolute Gasteiger partial charge is 0.303 e. The van der Waals surface area contributed by atoms with Crippen LogP contribution in [0.15, 0.2) is 60.2 Å². The number of aliphatic carboxylic acids is 1. The molecule has 2 rings (SSSR count). The van der Waals surface area contributed by atoms with Crippen LogP contribution in [0.25, 0.3) is 5.57 Å². The average Bonchev–Trinajstić information content (AvgIpc) is 2.62. The van der Waals surface area contributed by atoms with Crippen LogP contribution in [-0.2, 0) is 4.79 Å². The fraction of sp³-hybridized carbons (Fsp3) is 0.158. The number of hydrogen-bond donors (Lipinski definition) is 3. The maximum atomic E-state index is 10.5. The van der Waals surface area contributed by atoms with Crippen molar-refractivity contribution in [3.63, 3.8) is 0 Å². The number of pyridine rings is 1. The Morgan fingerprint density at radius 3 is 2.68 bits per heavy atom. The third-order valence-electron chi connectivity index (χ3n) is 3.37. The van der Waals surface area contributed by atoms with Gasteiger partial charge in [-0.2, -0.15) is 12.6 Å². The number of ether oxygens (including phenoxy) is 1. The zero-order chi connectivity index (χ0) is 18.1. The lowest BCUT2D eigenvalue weighted by molar-refractivity contribution is -0.136. The predicted molar refractivity (Wildman–Crippen MR) is 103 cm³/mol. The van der Waals surface area contributed by atoms with E-state index in [0.29, 0.717) is 17.9 Å². The van der Waals surface area contributed by atoms with Gasteiger partial charge in [-0.3, -0.25) is 9.78 Å². The first-order valence-electron chi connectivity index (χ1n) is 7.77. The number of benzene rings is 1. The summed E-state index contributed by atoms with van der Waals surface area (Å²) in [6.45, 7) is 0. The summed E-state index contributed by atoms with van der Waals surface area (Å²) in [5.74, 6) is 0.567. The van der Waals surface area contributed by atoms with E-state index in [2.05, 4.69) is 22.9 Å². The van der Waals surface area contributed by atoms with Crippen molar-refractivity contribution in [3.05, 3.63) is 65.8 Å². The van der Waals surface area contributed by atoms with Crippen LogP contribution < -0.4 is 10.1 Å². The fourth-order valence-electron chi connectivity index (χ4n) is 2.07. The zero-order valence-electron chi connectivity index (χ0n) is 13.8. The van der Waals surface area contributed by atoms with E-state index < -0.39 is 5.97 Å². The van der Waals surface area contributed by atoms with E-state index in [4.69, 9.17) is 9.84 Å². The summed E-state index contributed by atoms with van der Waals surface area (Å²) in [4.78, 5) is 14.9. The van der Waals surface area contributed by atoms with Gasteiger partial charge in [0.2, 0.25) is 0 Å². The molecule has 0 radical (unpaired) electrons. The lowest BCUT2D eigenvalue weighted by Crippen LogP contribution is -1.92. The summed E-state index contributed by atoms with van der Waals surface area (Å²) in [5, 5.41) is 13.4. The normalized spacial score (nSPS) is 11.5. The Hall–Kier alpha value is -2.73. The van der Waals surface area contributed by atoms with Crippen LogP contribution in [0.4, 0.5) is 5.69 Å². The molecule has 1 aromatic carbocycles. The highest BCUT2D eigenvalue weighted by molar-refractivity contribution is 7.83. The Bertz CT molecular complexity index is 770. The summed E-state index contributed by atoms with van der Waals surface area (Å²) >= 11 is 4.21. The third kappa shape index (κ3) is 6.00. The van der Waals surface area contributed by atoms with Crippen LogP contribution in [0.3, 0.4) is 0 Å². The average molecular weight is 356 g/mol. The molecule has 0 spiro atoms. The molecule has 0 aliphatic carbocycles. The molecule has 5 nitrogen and oxygen atoms in total. The molecule has 2 aromatic rings. The maximum Gasteiger partial charge on any atom is 0.303 e. The highest BCUT2D eigenvalue weighted by Crippen LogP contribution is 2.25. The second-order valence-corrected chi connectivity index (χ2v) is 5.43. The number of thiol groups is 1. The van der Waals surface area contributed by atoms with Crippen molar-refractivity contribution in [1.82, 2.24) is 4.98 Å². The molecule has 130 valence electrons. The lowest BCUT2D eigenvalue weighted by atomic mass is 10.1. The van der Waals surface area contributed by atoms with Crippen LogP contribution in [0.1, 0.15) is 18.5 Å². The molecule has 0 atom stereocenters. The van der Waals surface area contributed by atoms with Crippen LogP contribution in [0.2, 0.25) is 0 Å². The maximum absolute atomic E-state index is 10.5. The summed E-state index contributed by atoms with van der Waals surface area (Å²) in [7, 11) is 1.86. The standard InChI is InChI=1S/C19H20N2O3S/c1-20-15-6-8-16(9-7-15)24-17-10-11-21-18(12-17)14(13-25)4-2-3-5-19(22)23/h2,4,6-13,20,25H,3,5H2,1H3,(H,22,23)/b4-2+,14-13+. The molecule has 1 aromatic heterocycles. The minimum absolute atomic E-state index is 0.0928. The number of rotatable bonds is 8. The summed E-state index contributed by atoms with van der Waals surface area (Å²) in [5.41, 5.74) is 2.49. The summed E-state index contributed by atoms with van der Waals surface area (Å²) in [6, 6.07) is 11.2. The fourth-order valence-corrected chi connectivity index (χ4v) is 2.29. The highest BCUT2D eigenvalue weighted by Gasteiger charge is 2.04. The van der Waals surface area contributed by atoms with Crippen LogP contribution in [0.5, 0.6) is 11.5 Å². The topological polar surface area (TPSA) is 71.5 Å². The minimum Gasteiger partial charge on any atom is -0.481 e. The van der Waals surface area contributed by atoms with Crippen molar-refractivity contribution in [1.29, 1.82) is 0 Å². The van der Waals surface area contributed by atoms with E-state index in [1.54, 1.807) is 23.7 Å². The Kier molecular flexibility index (Phi) is 7.10. The molecule has 1 heterocycles. The molecule has 0 aliphatic rings. The monoisotopic (exact) mass is 356 g/mol. The lowest BCUT2D eigenvalue weighted by Gasteiger charge is -2.08. The first-order chi connectivity index (χ1) is 12.1. The second-order valence-electron chi connectivity index (χ2n) is 5.17. The molecule has 0 fully saturated rings. The van der Waals surface area contributed by atoms with E-state index in [1.165, 1.54) is 0 Å². The third-order valence-corrected chi connectivity index (χ3v) is 3.65. The van der Waals surface area contributed by atoms with Gasteiger partial charge >= 0.3 is 5.97 Å². The first kappa shape index (κ1) is 18.6. The van der Waals surface area contributed by atoms with Gasteiger partial charge in [0.25, 0.3) is 0 Å². The molecule has 0 unspecified atom stereocenters. The predicted octanol–water partition coefficient (Wildman–Crippen LogP) is 4.61. The quantitative estimate of drug-likeness (QED) is 0.476. The largest absolute Gasteiger partial charge is 0.481 e. The van der Waals surface area contributed by atoms with Crippen molar-refractivity contribution >= 4 is 29.9 Å². The van der Waals surface area contributed by atoms with Gasteiger partial charge in [-0.25, -0.2) is 0 Å². The Balaban J connectivity index is 2.09. The van der Waals surface area contributed by atoms with Crippen molar-refractivity contribution in [3.8, 4) is 11.5 Å². The number of carboxylic acid groups (broad SMARTS) is 1. The number of hydrogen-bond acceptors (Lipinski definition) is 5. The number of carbonyl (C=O) groups is 1. The number of nitrogens with zero attached hydrogens (tertiary/aromatic N) is 1. The Labute approximate surface area is 152 Å². The number of aromatic nitrogens is 1. The van der Waals surface area contributed by atoms with E-state index in [9.17, 15) is 4.79 Å². The van der Waals surface area contributed by atoms with Crippen molar-refractivity contribution in [2.24, 2.45) is 0 Å². The zero-order valence-corrected chi connectivity index (χ0v) is 14.7. The Morgan fingerprint density at radius 1 is 1.28 bits per heavy atom. The van der Waals surface area contributed by atoms with Gasteiger partial charge in [-0.15, -0.1) is 0 Å². The minimum atomic E-state index is -0.820. The van der Waals surface area contributed by atoms with Gasteiger partial charge in [-0.1, -0.05) is 12.2 Å². The molecular formula is C19H20N2O3S. The van der Waals surface area contributed by atoms with E-state index in [-0.39, 0.29) is 6.42 Å². The molecular weight excluding hydrogens is 336 g/mol. The molecule has 2 N–H and O–H groups in total. The van der Waals surface area contributed by atoms with Gasteiger partial charge < -0.3 is 15.2 Å². The van der Waals surface area contributed by atoms with Crippen molar-refractivity contribution < 1.29 is 14.6 Å². The van der Waals surface area contributed by atoms with Crippen molar-refractivity contribution in [2.45, 2.75) is 12.8 Å². The number of anilines is 1. The second kappa shape index (κ2) is 9.54. The highest BCUT2D eigenvalue weighted by atomic mass is 32.1. The van der Waals surface area contributed by atoms with Crippen LogP contribution >= 0.6 is 12.6 Å². The first-order valence-corrected chi connectivity index (χ1v) is 8.29. The van der Waals surface area contributed by atoms with Gasteiger partial charge in [0.15, 0.2) is 0 Å². The number of carboxylic acids is 1. The van der Waals surface area contributed by atoms with Gasteiger partial charge in [0.05, 0.1) is 5.69 Å². The molecule has 0 bridgehead atoms. The van der Waals surface area contributed by atoms with Gasteiger partial charge in [0, 0.05) is 37.0 Å². The molecule has 0 saturated carbocycles. The summed E-state index contributed by atoms with van der Waals surface area (Å²) < 4.78 is 5.85. The van der Waals surface area contributed by atoms with Crippen LogP contribution in [0, 0.1) is 0 Å². The van der Waals surface area contributed by atoms with Crippen LogP contribution in [-0.4, -0.2) is 23.1 Å². The van der Waals surface area contributed by atoms with E-state index >= 15 is 0 Å². The molecule has 0 amide bonds.